The molecule has 0 unspecified atom stereocenters. The van der Waals surface area contributed by atoms with E-state index in [1.807, 2.05) is 0 Å². The van der Waals surface area contributed by atoms with Crippen LogP contribution >= 0.6 is 7.44 Å². The second kappa shape index (κ2) is 4.40. The average molecular weight is 244 g/mol. The minimum Gasteiger partial charge on any atom is -0.411 e. The summed E-state index contributed by atoms with van der Waals surface area (Å²) in [6, 6.07) is 3.41. The van der Waals surface area contributed by atoms with Gasteiger partial charge in [0.2, 0.25) is 7.44 Å². The van der Waals surface area contributed by atoms with Crippen LogP contribution in [0.2, 0.25) is 0 Å². The molecule has 0 saturated carbocycles. The van der Waals surface area contributed by atoms with E-state index < -0.39 is 12.4 Å². The van der Waals surface area contributed by atoms with E-state index in [1.54, 1.807) is 0 Å². The molecule has 0 saturated heterocycles. The maximum atomic E-state index is 11.5. The molecule has 0 heterocycles. The summed E-state index contributed by atoms with van der Waals surface area (Å²) in [5, 5.41) is 21.5. The van der Waals surface area contributed by atoms with Gasteiger partial charge in [0.1, 0.15) is 0 Å². The lowest BCUT2D eigenvalue weighted by atomic mass is 10.2. The highest BCUT2D eigenvalue weighted by atomic mass is 31.2. The first-order valence-electron chi connectivity index (χ1n) is 4.00. The van der Waals surface area contributed by atoms with Gasteiger partial charge in [-0.15, -0.1) is 0 Å². The third kappa shape index (κ3) is 2.63. The Morgan fingerprint density at radius 2 is 2.12 bits per heavy atom. The number of benzene rings is 1. The number of nitro groups is 1. The predicted octanol–water partition coefficient (Wildman–Crippen LogP) is 0.139. The number of oxime groups is 1. The molecule has 5 N–H and O–H groups in total. The molecule has 0 atom stereocenters. The fourth-order valence-corrected chi connectivity index (χ4v) is 1.99. The summed E-state index contributed by atoms with van der Waals surface area (Å²) in [6.07, 6.45) is 0.950. The van der Waals surface area contributed by atoms with Crippen molar-refractivity contribution in [1.29, 1.82) is 0 Å². The van der Waals surface area contributed by atoms with E-state index in [0.29, 0.717) is 0 Å². The molecule has 0 aliphatic heterocycles. The summed E-state index contributed by atoms with van der Waals surface area (Å²) in [4.78, 5) is 9.83. The number of hydrogen-bond acceptors (Lipinski definition) is 5. The number of nitro benzene ring substituents is 1. The molecular formula is C7H9N4O4P. The largest absolute Gasteiger partial charge is 0.411 e. The van der Waals surface area contributed by atoms with Crippen molar-refractivity contribution in [3.63, 3.8) is 0 Å². The molecule has 0 spiro atoms. The fourth-order valence-electron chi connectivity index (χ4n) is 1.12. The molecule has 0 aromatic heterocycles. The number of hydrogen-bond donors (Lipinski definition) is 3. The molecule has 0 fully saturated rings. The molecule has 1 aromatic carbocycles. The third-order valence-corrected chi connectivity index (χ3v) is 2.94. The van der Waals surface area contributed by atoms with Crippen LogP contribution in [0, 0.1) is 10.1 Å². The van der Waals surface area contributed by atoms with Crippen LogP contribution in [0.15, 0.2) is 23.4 Å². The molecule has 0 aliphatic carbocycles. The number of rotatable bonds is 3. The van der Waals surface area contributed by atoms with Crippen LogP contribution in [-0.2, 0) is 4.57 Å². The van der Waals surface area contributed by atoms with E-state index in [1.165, 1.54) is 6.07 Å². The molecule has 1 aromatic rings. The first kappa shape index (κ1) is 12.3. The Bertz CT molecular complexity index is 495. The van der Waals surface area contributed by atoms with Crippen LogP contribution < -0.4 is 16.3 Å². The topological polar surface area (TPSA) is 145 Å². The normalized spacial score (nSPS) is 11.9. The Balaban J connectivity index is 3.44. The van der Waals surface area contributed by atoms with Gasteiger partial charge in [0.05, 0.1) is 16.4 Å². The Morgan fingerprint density at radius 3 is 2.56 bits per heavy atom. The van der Waals surface area contributed by atoms with Gasteiger partial charge in [-0.05, 0) is 6.07 Å². The third-order valence-electron chi connectivity index (χ3n) is 1.80. The summed E-state index contributed by atoms with van der Waals surface area (Å²) in [5.74, 6) is 0. The summed E-state index contributed by atoms with van der Waals surface area (Å²) in [5.41, 5.74) is 10.3. The zero-order valence-electron chi connectivity index (χ0n) is 7.98. The van der Waals surface area contributed by atoms with Gasteiger partial charge in [-0.1, -0.05) is 5.16 Å². The molecule has 9 heteroatoms. The number of nitrogens with zero attached hydrogens (tertiary/aromatic N) is 2. The van der Waals surface area contributed by atoms with Crippen molar-refractivity contribution in [2.45, 2.75) is 0 Å². The molecular weight excluding hydrogens is 235 g/mol. The van der Waals surface area contributed by atoms with Crippen LogP contribution in [0.1, 0.15) is 5.56 Å². The van der Waals surface area contributed by atoms with Crippen molar-refractivity contribution in [2.75, 3.05) is 0 Å². The summed E-state index contributed by atoms with van der Waals surface area (Å²) in [6.45, 7) is 0. The van der Waals surface area contributed by atoms with Crippen molar-refractivity contribution in [3.8, 4) is 0 Å². The lowest BCUT2D eigenvalue weighted by Gasteiger charge is -2.09. The van der Waals surface area contributed by atoms with E-state index in [-0.39, 0.29) is 16.6 Å². The second-order valence-electron chi connectivity index (χ2n) is 2.95. The quantitative estimate of drug-likeness (QED) is 0.226. The van der Waals surface area contributed by atoms with Gasteiger partial charge in [-0.2, -0.15) is 0 Å². The van der Waals surface area contributed by atoms with Gasteiger partial charge in [0.25, 0.3) is 5.69 Å². The van der Waals surface area contributed by atoms with Crippen LogP contribution in [0.25, 0.3) is 0 Å². The summed E-state index contributed by atoms with van der Waals surface area (Å²) >= 11 is 0. The first-order chi connectivity index (χ1) is 7.36. The molecule has 0 aliphatic rings. The van der Waals surface area contributed by atoms with Gasteiger partial charge in [-0.3, -0.25) is 25.7 Å². The monoisotopic (exact) mass is 244 g/mol. The van der Waals surface area contributed by atoms with E-state index >= 15 is 0 Å². The lowest BCUT2D eigenvalue weighted by molar-refractivity contribution is -0.384. The minimum atomic E-state index is -3.66. The van der Waals surface area contributed by atoms with Gasteiger partial charge in [0, 0.05) is 17.7 Å². The molecule has 8 nitrogen and oxygen atoms in total. The maximum absolute atomic E-state index is 11.5. The van der Waals surface area contributed by atoms with Crippen LogP contribution in [0.3, 0.4) is 0 Å². The van der Waals surface area contributed by atoms with Crippen LogP contribution in [0.4, 0.5) is 5.69 Å². The van der Waals surface area contributed by atoms with Gasteiger partial charge >= 0.3 is 0 Å². The van der Waals surface area contributed by atoms with E-state index in [2.05, 4.69) is 5.16 Å². The molecule has 0 bridgehead atoms. The zero-order valence-corrected chi connectivity index (χ0v) is 8.87. The summed E-state index contributed by atoms with van der Waals surface area (Å²) in [7, 11) is -3.66. The predicted molar refractivity (Wildman–Crippen MR) is 58.1 cm³/mol. The summed E-state index contributed by atoms with van der Waals surface area (Å²) < 4.78 is 11.5. The highest BCUT2D eigenvalue weighted by molar-refractivity contribution is 7.67. The van der Waals surface area contributed by atoms with Crippen molar-refractivity contribution >= 4 is 24.6 Å². The highest BCUT2D eigenvalue weighted by Gasteiger charge is 2.20. The second-order valence-corrected chi connectivity index (χ2v) is 4.85. The van der Waals surface area contributed by atoms with E-state index in [4.69, 9.17) is 16.2 Å². The standard InChI is InChI=1S/C7H9N4O4P/c8-16(9,15)7-3-6(11(13)14)2-1-5(7)4-10-12/h1-4,12H,(H4,8,9,15). The van der Waals surface area contributed by atoms with Gasteiger partial charge in [0.15, 0.2) is 0 Å². The Kier molecular flexibility index (Phi) is 3.38. The van der Waals surface area contributed by atoms with E-state index in [9.17, 15) is 14.7 Å². The molecule has 0 radical (unpaired) electrons. The smallest absolute Gasteiger partial charge is 0.270 e. The zero-order chi connectivity index (χ0) is 12.3. The Hall–Kier alpha value is -1.76. The van der Waals surface area contributed by atoms with Crippen molar-refractivity contribution in [1.82, 2.24) is 0 Å². The Labute approximate surface area is 90.2 Å². The molecule has 1 rings (SSSR count). The average Bonchev–Trinajstić information content (AvgIpc) is 2.16. The molecule has 86 valence electrons. The van der Waals surface area contributed by atoms with Gasteiger partial charge in [-0.25, -0.2) is 0 Å². The van der Waals surface area contributed by atoms with Crippen molar-refractivity contribution in [2.24, 2.45) is 16.2 Å². The van der Waals surface area contributed by atoms with Crippen molar-refractivity contribution in [3.05, 3.63) is 33.9 Å². The van der Waals surface area contributed by atoms with Crippen LogP contribution in [0.5, 0.6) is 0 Å². The lowest BCUT2D eigenvalue weighted by Crippen LogP contribution is -2.22. The fraction of sp³-hybridized carbons (Fsp3) is 0. The first-order valence-corrected chi connectivity index (χ1v) is 5.84. The Morgan fingerprint density at radius 1 is 1.50 bits per heavy atom. The number of non-ortho nitro benzene ring substituents is 1. The van der Waals surface area contributed by atoms with Crippen LogP contribution in [-0.4, -0.2) is 16.3 Å². The molecule has 0 amide bonds. The maximum Gasteiger partial charge on any atom is 0.270 e. The molecule has 16 heavy (non-hydrogen) atoms. The van der Waals surface area contributed by atoms with Crippen molar-refractivity contribution < 1.29 is 14.7 Å². The highest BCUT2D eigenvalue weighted by Crippen LogP contribution is 2.27. The minimum absolute atomic E-state index is 0.112. The SMILES string of the molecule is NP(N)(=O)c1cc([N+](=O)[O-])ccc1C=NO. The van der Waals surface area contributed by atoms with Gasteiger partial charge < -0.3 is 5.21 Å². The van der Waals surface area contributed by atoms with E-state index in [0.717, 1.165) is 18.3 Å². The number of nitrogens with two attached hydrogens (primary N) is 2.